The Kier molecular flexibility index (Phi) is 4.41. The van der Waals surface area contributed by atoms with Gasteiger partial charge >= 0.3 is 0 Å². The lowest BCUT2D eigenvalue weighted by molar-refractivity contribution is 0.115. The molecule has 1 aliphatic carbocycles. The van der Waals surface area contributed by atoms with Crippen molar-refractivity contribution in [2.24, 2.45) is 17.1 Å². The predicted molar refractivity (Wildman–Crippen MR) is 73.7 cm³/mol. The molecular formula is C14H19BrFNO. The molecule has 18 heavy (non-hydrogen) atoms. The Bertz CT molecular complexity index is 416. The summed E-state index contributed by atoms with van der Waals surface area (Å²) in [4.78, 5) is 0. The van der Waals surface area contributed by atoms with E-state index in [4.69, 9.17) is 5.73 Å². The summed E-state index contributed by atoms with van der Waals surface area (Å²) in [5.41, 5.74) is 6.62. The minimum absolute atomic E-state index is 0.0871. The molecule has 1 aromatic rings. The summed E-state index contributed by atoms with van der Waals surface area (Å²) in [7, 11) is 0. The van der Waals surface area contributed by atoms with Crippen LogP contribution in [-0.4, -0.2) is 18.3 Å². The molecule has 1 saturated carbocycles. The number of halogens is 2. The maximum Gasteiger partial charge on any atom is 0.124 e. The molecule has 1 aromatic carbocycles. The molecule has 4 heteroatoms. The van der Waals surface area contributed by atoms with Crippen LogP contribution >= 0.6 is 15.9 Å². The normalized spacial score (nSPS) is 18.7. The van der Waals surface area contributed by atoms with Crippen LogP contribution in [-0.2, 0) is 6.42 Å². The van der Waals surface area contributed by atoms with E-state index >= 15 is 0 Å². The van der Waals surface area contributed by atoms with Gasteiger partial charge in [0.1, 0.15) is 5.82 Å². The highest BCUT2D eigenvalue weighted by atomic mass is 79.9. The molecule has 1 fully saturated rings. The van der Waals surface area contributed by atoms with Crippen LogP contribution in [0, 0.1) is 17.2 Å². The van der Waals surface area contributed by atoms with E-state index in [1.165, 1.54) is 25.0 Å². The topological polar surface area (TPSA) is 46.2 Å². The van der Waals surface area contributed by atoms with Crippen molar-refractivity contribution in [3.8, 4) is 0 Å². The largest absolute Gasteiger partial charge is 0.396 e. The average Bonchev–Trinajstić information content (AvgIpc) is 3.15. The monoisotopic (exact) mass is 315 g/mol. The Balaban J connectivity index is 2.16. The number of nitrogens with two attached hydrogens (primary N) is 1. The zero-order chi connectivity index (χ0) is 13.2. The molecule has 1 unspecified atom stereocenters. The van der Waals surface area contributed by atoms with Crippen molar-refractivity contribution in [3.63, 3.8) is 0 Å². The third-order valence-electron chi connectivity index (χ3n) is 3.77. The smallest absolute Gasteiger partial charge is 0.124 e. The van der Waals surface area contributed by atoms with Gasteiger partial charge in [-0.25, -0.2) is 4.39 Å². The van der Waals surface area contributed by atoms with Gasteiger partial charge in [0.2, 0.25) is 0 Å². The molecule has 0 amide bonds. The SMILES string of the molecule is NCC(CO)(Cc1ccc(F)cc1Br)CC1CC1. The molecule has 0 saturated heterocycles. The fourth-order valence-corrected chi connectivity index (χ4v) is 2.91. The van der Waals surface area contributed by atoms with E-state index in [1.807, 2.05) is 0 Å². The number of aliphatic hydroxyl groups excluding tert-OH is 1. The zero-order valence-corrected chi connectivity index (χ0v) is 11.9. The molecule has 0 radical (unpaired) electrons. The lowest BCUT2D eigenvalue weighted by Crippen LogP contribution is -2.37. The first-order valence-electron chi connectivity index (χ1n) is 6.33. The van der Waals surface area contributed by atoms with Crippen molar-refractivity contribution in [2.75, 3.05) is 13.2 Å². The second-order valence-electron chi connectivity index (χ2n) is 5.42. The molecule has 3 N–H and O–H groups in total. The quantitative estimate of drug-likeness (QED) is 0.848. The van der Waals surface area contributed by atoms with Crippen molar-refractivity contribution < 1.29 is 9.50 Å². The average molecular weight is 316 g/mol. The molecule has 100 valence electrons. The van der Waals surface area contributed by atoms with Crippen LogP contribution in [0.15, 0.2) is 22.7 Å². The van der Waals surface area contributed by atoms with Crippen LogP contribution in [0.4, 0.5) is 4.39 Å². The van der Waals surface area contributed by atoms with Crippen molar-refractivity contribution in [2.45, 2.75) is 25.7 Å². The van der Waals surface area contributed by atoms with E-state index in [9.17, 15) is 9.50 Å². The number of rotatable bonds is 6. The fourth-order valence-electron chi connectivity index (χ4n) is 2.42. The van der Waals surface area contributed by atoms with Crippen LogP contribution in [0.1, 0.15) is 24.8 Å². The van der Waals surface area contributed by atoms with Crippen molar-refractivity contribution in [3.05, 3.63) is 34.1 Å². The van der Waals surface area contributed by atoms with Gasteiger partial charge in [-0.3, -0.25) is 0 Å². The molecule has 0 spiro atoms. The summed E-state index contributed by atoms with van der Waals surface area (Å²) in [6.07, 6.45) is 4.14. The Labute approximate surface area is 116 Å². The van der Waals surface area contributed by atoms with Crippen molar-refractivity contribution >= 4 is 15.9 Å². The second kappa shape index (κ2) is 5.68. The lowest BCUT2D eigenvalue weighted by atomic mass is 9.78. The number of hydrogen-bond acceptors (Lipinski definition) is 2. The first-order valence-corrected chi connectivity index (χ1v) is 7.13. The summed E-state index contributed by atoms with van der Waals surface area (Å²) in [5.74, 6) is 0.454. The maximum absolute atomic E-state index is 13.1. The van der Waals surface area contributed by atoms with Gasteiger partial charge in [-0.05, 0) is 36.5 Å². The summed E-state index contributed by atoms with van der Waals surface area (Å²) in [6.45, 7) is 0.549. The van der Waals surface area contributed by atoms with Crippen LogP contribution in [0.5, 0.6) is 0 Å². The van der Waals surface area contributed by atoms with Gasteiger partial charge in [0.05, 0.1) is 6.61 Å². The highest BCUT2D eigenvalue weighted by Gasteiger charge is 2.36. The zero-order valence-electron chi connectivity index (χ0n) is 10.3. The summed E-state index contributed by atoms with van der Waals surface area (Å²) >= 11 is 3.38. The number of benzene rings is 1. The van der Waals surface area contributed by atoms with Crippen LogP contribution in [0.3, 0.4) is 0 Å². The van der Waals surface area contributed by atoms with Crippen LogP contribution < -0.4 is 5.73 Å². The van der Waals surface area contributed by atoms with E-state index in [0.29, 0.717) is 18.9 Å². The standard InChI is InChI=1S/C14H19BrFNO/c15-13-5-12(16)4-3-11(13)7-14(8-17,9-18)6-10-1-2-10/h3-5,10,18H,1-2,6-9,17H2. The van der Waals surface area contributed by atoms with Crippen LogP contribution in [0.2, 0.25) is 0 Å². The molecule has 1 aliphatic rings. The van der Waals surface area contributed by atoms with E-state index < -0.39 is 0 Å². The Hall–Kier alpha value is -0.450. The lowest BCUT2D eigenvalue weighted by Gasteiger charge is -2.31. The molecular weight excluding hydrogens is 297 g/mol. The summed E-state index contributed by atoms with van der Waals surface area (Å²) in [5, 5.41) is 9.69. The summed E-state index contributed by atoms with van der Waals surface area (Å²) in [6, 6.07) is 4.69. The third kappa shape index (κ3) is 3.31. The Morgan fingerprint density at radius 1 is 1.44 bits per heavy atom. The van der Waals surface area contributed by atoms with Gasteiger partial charge in [-0.2, -0.15) is 0 Å². The predicted octanol–water partition coefficient (Wildman–Crippen LogP) is 2.87. The fraction of sp³-hybridized carbons (Fsp3) is 0.571. The van der Waals surface area contributed by atoms with Gasteiger partial charge in [0, 0.05) is 16.4 Å². The minimum atomic E-state index is -0.262. The molecule has 2 nitrogen and oxygen atoms in total. The molecule has 2 rings (SSSR count). The summed E-state index contributed by atoms with van der Waals surface area (Å²) < 4.78 is 13.8. The molecule has 0 aromatic heterocycles. The van der Waals surface area contributed by atoms with Gasteiger partial charge < -0.3 is 10.8 Å². The molecule has 0 aliphatic heterocycles. The highest BCUT2D eigenvalue weighted by molar-refractivity contribution is 9.10. The molecule has 1 atom stereocenters. The van der Waals surface area contributed by atoms with Gasteiger partial charge in [-0.1, -0.05) is 34.8 Å². The molecule has 0 bridgehead atoms. The van der Waals surface area contributed by atoms with Crippen molar-refractivity contribution in [1.82, 2.24) is 0 Å². The second-order valence-corrected chi connectivity index (χ2v) is 6.28. The first-order chi connectivity index (χ1) is 8.58. The highest BCUT2D eigenvalue weighted by Crippen LogP contribution is 2.42. The van der Waals surface area contributed by atoms with E-state index in [-0.39, 0.29) is 17.8 Å². The Morgan fingerprint density at radius 3 is 2.67 bits per heavy atom. The van der Waals surface area contributed by atoms with Crippen molar-refractivity contribution in [1.29, 1.82) is 0 Å². The number of hydrogen-bond donors (Lipinski definition) is 2. The number of aliphatic hydroxyl groups is 1. The molecule has 0 heterocycles. The third-order valence-corrected chi connectivity index (χ3v) is 4.51. The van der Waals surface area contributed by atoms with Gasteiger partial charge in [0.15, 0.2) is 0 Å². The minimum Gasteiger partial charge on any atom is -0.396 e. The van der Waals surface area contributed by atoms with E-state index in [1.54, 1.807) is 6.07 Å². The van der Waals surface area contributed by atoms with E-state index in [2.05, 4.69) is 15.9 Å². The van der Waals surface area contributed by atoms with E-state index in [0.717, 1.165) is 16.5 Å². The van der Waals surface area contributed by atoms with Gasteiger partial charge in [0.25, 0.3) is 0 Å². The first kappa shape index (κ1) is 14.0. The maximum atomic E-state index is 13.1. The Morgan fingerprint density at radius 2 is 2.17 bits per heavy atom. The van der Waals surface area contributed by atoms with Gasteiger partial charge in [-0.15, -0.1) is 0 Å². The van der Waals surface area contributed by atoms with Crippen LogP contribution in [0.25, 0.3) is 0 Å².